The molecule has 0 aliphatic carbocycles. The first-order chi connectivity index (χ1) is 7.69. The summed E-state index contributed by atoms with van der Waals surface area (Å²) in [6.45, 7) is 0. The Morgan fingerprint density at radius 3 is 2.00 bits per heavy atom. The molecule has 16 heavy (non-hydrogen) atoms. The summed E-state index contributed by atoms with van der Waals surface area (Å²) >= 11 is 0. The average Bonchev–Trinajstić information content (AvgIpc) is 2.28. The normalized spacial score (nSPS) is 9.69. The Morgan fingerprint density at radius 1 is 0.938 bits per heavy atom. The Bertz CT molecular complexity index is 534. The smallest absolute Gasteiger partial charge is 0.225 e. The molecule has 0 bridgehead atoms. The molecule has 0 saturated heterocycles. The zero-order chi connectivity index (χ0) is 11.5. The van der Waals surface area contributed by atoms with E-state index in [2.05, 4.69) is 15.0 Å². The van der Waals surface area contributed by atoms with Crippen LogP contribution in [0.1, 0.15) is 5.56 Å². The Hall–Kier alpha value is -2.68. The van der Waals surface area contributed by atoms with Crippen molar-refractivity contribution in [2.45, 2.75) is 0 Å². The van der Waals surface area contributed by atoms with E-state index in [0.717, 1.165) is 5.56 Å². The predicted molar refractivity (Wildman–Crippen MR) is 58.8 cm³/mol. The van der Waals surface area contributed by atoms with Gasteiger partial charge < -0.3 is 11.5 Å². The first-order valence-corrected chi connectivity index (χ1v) is 4.46. The van der Waals surface area contributed by atoms with Gasteiger partial charge in [0.15, 0.2) is 5.82 Å². The molecule has 0 unspecified atom stereocenters. The monoisotopic (exact) mass is 212 g/mol. The summed E-state index contributed by atoms with van der Waals surface area (Å²) in [6.07, 6.45) is 0. The van der Waals surface area contributed by atoms with E-state index in [1.54, 1.807) is 24.3 Å². The number of nitrogen functional groups attached to an aromatic ring is 2. The molecule has 0 saturated carbocycles. The van der Waals surface area contributed by atoms with Gasteiger partial charge in [-0.1, -0.05) is 0 Å². The van der Waals surface area contributed by atoms with Gasteiger partial charge in [0.1, 0.15) is 0 Å². The van der Waals surface area contributed by atoms with Gasteiger partial charge in [-0.25, -0.2) is 0 Å². The van der Waals surface area contributed by atoms with Crippen LogP contribution in [0.4, 0.5) is 11.9 Å². The van der Waals surface area contributed by atoms with E-state index in [9.17, 15) is 0 Å². The topological polar surface area (TPSA) is 114 Å². The van der Waals surface area contributed by atoms with Crippen molar-refractivity contribution in [1.29, 1.82) is 5.26 Å². The van der Waals surface area contributed by atoms with Gasteiger partial charge in [0.05, 0.1) is 11.6 Å². The number of hydrogen-bond donors (Lipinski definition) is 2. The van der Waals surface area contributed by atoms with Crippen LogP contribution in [0.3, 0.4) is 0 Å². The molecule has 1 aromatic carbocycles. The van der Waals surface area contributed by atoms with Gasteiger partial charge in [0, 0.05) is 5.56 Å². The average molecular weight is 212 g/mol. The summed E-state index contributed by atoms with van der Waals surface area (Å²) in [6, 6.07) is 8.83. The first-order valence-electron chi connectivity index (χ1n) is 4.46. The highest BCUT2D eigenvalue weighted by Crippen LogP contribution is 2.16. The van der Waals surface area contributed by atoms with Gasteiger partial charge >= 0.3 is 0 Å². The van der Waals surface area contributed by atoms with Crippen LogP contribution in [0.15, 0.2) is 24.3 Å². The fraction of sp³-hybridized carbons (Fsp3) is 0. The summed E-state index contributed by atoms with van der Waals surface area (Å²) in [7, 11) is 0. The lowest BCUT2D eigenvalue weighted by Crippen LogP contribution is -2.04. The summed E-state index contributed by atoms with van der Waals surface area (Å²) in [4.78, 5) is 11.6. The molecule has 0 spiro atoms. The highest BCUT2D eigenvalue weighted by atomic mass is 15.1. The molecule has 0 amide bonds. The number of benzene rings is 1. The minimum Gasteiger partial charge on any atom is -0.368 e. The van der Waals surface area contributed by atoms with Crippen molar-refractivity contribution in [3.8, 4) is 17.5 Å². The number of aromatic nitrogens is 3. The molecule has 0 radical (unpaired) electrons. The summed E-state index contributed by atoms with van der Waals surface area (Å²) < 4.78 is 0. The number of rotatable bonds is 1. The highest BCUT2D eigenvalue weighted by molar-refractivity contribution is 5.58. The second-order valence-corrected chi connectivity index (χ2v) is 3.06. The van der Waals surface area contributed by atoms with Gasteiger partial charge in [-0.3, -0.25) is 0 Å². The molecule has 6 nitrogen and oxygen atoms in total. The fourth-order valence-corrected chi connectivity index (χ4v) is 1.23. The number of nitriles is 1. The molecule has 0 aliphatic rings. The molecule has 4 N–H and O–H groups in total. The minimum atomic E-state index is 0.0758. The third-order valence-electron chi connectivity index (χ3n) is 1.94. The van der Waals surface area contributed by atoms with Gasteiger partial charge in [-0.05, 0) is 24.3 Å². The highest BCUT2D eigenvalue weighted by Gasteiger charge is 2.04. The molecule has 0 aliphatic heterocycles. The predicted octanol–water partition coefficient (Wildman–Crippen LogP) is 0.575. The quantitative estimate of drug-likeness (QED) is 0.714. The van der Waals surface area contributed by atoms with Gasteiger partial charge in [0.2, 0.25) is 11.9 Å². The van der Waals surface area contributed by atoms with Crippen LogP contribution in [0, 0.1) is 11.3 Å². The van der Waals surface area contributed by atoms with Gasteiger partial charge in [-0.2, -0.15) is 20.2 Å². The van der Waals surface area contributed by atoms with Crippen LogP contribution in [-0.2, 0) is 0 Å². The van der Waals surface area contributed by atoms with Crippen molar-refractivity contribution in [2.24, 2.45) is 0 Å². The van der Waals surface area contributed by atoms with Gasteiger partial charge in [0.25, 0.3) is 0 Å². The number of anilines is 2. The van der Waals surface area contributed by atoms with Crippen LogP contribution >= 0.6 is 0 Å². The number of hydrogen-bond acceptors (Lipinski definition) is 6. The standard InChI is InChI=1S/C10H8N6/c11-5-6-1-3-7(4-2-6)8-14-9(12)16-10(13)15-8/h1-4H,(H4,12,13,14,15,16). The summed E-state index contributed by atoms with van der Waals surface area (Å²) in [5.41, 5.74) is 12.2. The molecular weight excluding hydrogens is 204 g/mol. The second-order valence-electron chi connectivity index (χ2n) is 3.06. The molecule has 6 heteroatoms. The SMILES string of the molecule is N#Cc1ccc(-c2nc(N)nc(N)n2)cc1. The first kappa shape index (κ1) is 9.86. The van der Waals surface area contributed by atoms with Crippen molar-refractivity contribution in [2.75, 3.05) is 11.5 Å². The van der Waals surface area contributed by atoms with Crippen molar-refractivity contribution in [1.82, 2.24) is 15.0 Å². The fourth-order valence-electron chi connectivity index (χ4n) is 1.23. The Morgan fingerprint density at radius 2 is 1.50 bits per heavy atom. The minimum absolute atomic E-state index is 0.0758. The maximum Gasteiger partial charge on any atom is 0.225 e. The number of nitrogens with zero attached hydrogens (tertiary/aromatic N) is 4. The Balaban J connectivity index is 2.47. The van der Waals surface area contributed by atoms with Crippen molar-refractivity contribution >= 4 is 11.9 Å². The zero-order valence-corrected chi connectivity index (χ0v) is 8.25. The molecule has 78 valence electrons. The lowest BCUT2D eigenvalue weighted by molar-refractivity contribution is 1.09. The largest absolute Gasteiger partial charge is 0.368 e. The maximum atomic E-state index is 8.66. The van der Waals surface area contributed by atoms with E-state index < -0.39 is 0 Å². The van der Waals surface area contributed by atoms with Gasteiger partial charge in [-0.15, -0.1) is 0 Å². The van der Waals surface area contributed by atoms with Crippen molar-refractivity contribution < 1.29 is 0 Å². The molecular formula is C10H8N6. The summed E-state index contributed by atoms with van der Waals surface area (Å²) in [5.74, 6) is 0.549. The van der Waals surface area contributed by atoms with Crippen LogP contribution in [0.5, 0.6) is 0 Å². The molecule has 2 aromatic rings. The number of nitrogens with two attached hydrogens (primary N) is 2. The van der Waals surface area contributed by atoms with Crippen LogP contribution in [-0.4, -0.2) is 15.0 Å². The summed E-state index contributed by atoms with van der Waals surface area (Å²) in [5, 5.41) is 8.66. The van der Waals surface area contributed by atoms with Crippen LogP contribution in [0.2, 0.25) is 0 Å². The van der Waals surface area contributed by atoms with E-state index in [0.29, 0.717) is 11.4 Å². The van der Waals surface area contributed by atoms with E-state index in [1.165, 1.54) is 0 Å². The van der Waals surface area contributed by atoms with E-state index in [1.807, 2.05) is 6.07 Å². The molecule has 0 atom stereocenters. The second kappa shape index (κ2) is 3.82. The maximum absolute atomic E-state index is 8.66. The van der Waals surface area contributed by atoms with Crippen molar-refractivity contribution in [3.63, 3.8) is 0 Å². The molecule has 1 heterocycles. The third kappa shape index (κ3) is 1.88. The Kier molecular flexibility index (Phi) is 2.36. The lowest BCUT2D eigenvalue weighted by atomic mass is 10.1. The van der Waals surface area contributed by atoms with E-state index >= 15 is 0 Å². The molecule has 2 rings (SSSR count). The van der Waals surface area contributed by atoms with E-state index in [4.69, 9.17) is 16.7 Å². The van der Waals surface area contributed by atoms with Crippen molar-refractivity contribution in [3.05, 3.63) is 29.8 Å². The Labute approximate surface area is 91.6 Å². The molecule has 1 aromatic heterocycles. The lowest BCUT2D eigenvalue weighted by Gasteiger charge is -2.01. The van der Waals surface area contributed by atoms with Crippen LogP contribution < -0.4 is 11.5 Å². The van der Waals surface area contributed by atoms with Crippen LogP contribution in [0.25, 0.3) is 11.4 Å². The third-order valence-corrected chi connectivity index (χ3v) is 1.94. The molecule has 0 fully saturated rings. The van der Waals surface area contributed by atoms with E-state index in [-0.39, 0.29) is 11.9 Å². The zero-order valence-electron chi connectivity index (χ0n) is 8.25.